The van der Waals surface area contributed by atoms with Crippen LogP contribution in [0, 0.1) is 0 Å². The minimum absolute atomic E-state index is 0. The molecule has 1 aliphatic carbocycles. The summed E-state index contributed by atoms with van der Waals surface area (Å²) in [5.41, 5.74) is 0.496. The third-order valence-corrected chi connectivity index (χ3v) is 5.21. The van der Waals surface area contributed by atoms with Crippen LogP contribution in [0.4, 0.5) is 0 Å². The van der Waals surface area contributed by atoms with Crippen LogP contribution < -0.4 is 10.6 Å². The van der Waals surface area contributed by atoms with E-state index in [1.54, 1.807) is 0 Å². The molecule has 3 aliphatic rings. The van der Waals surface area contributed by atoms with E-state index in [1.165, 1.54) is 12.8 Å². The number of rotatable bonds is 5. The van der Waals surface area contributed by atoms with E-state index in [-0.39, 0.29) is 24.4 Å². The minimum Gasteiger partial charge on any atom is -0.374 e. The highest BCUT2D eigenvalue weighted by Crippen LogP contribution is 2.28. The number of aromatic nitrogens is 2. The first-order valence-electron chi connectivity index (χ1n) is 9.19. The fourth-order valence-electron chi connectivity index (χ4n) is 3.66. The van der Waals surface area contributed by atoms with E-state index in [4.69, 9.17) is 4.74 Å². The third-order valence-electron chi connectivity index (χ3n) is 5.21. The Kier molecular flexibility index (Phi) is 6.33. The van der Waals surface area contributed by atoms with E-state index in [2.05, 4.69) is 20.6 Å². The molecule has 2 N–H and O–H groups in total. The Morgan fingerprint density at radius 3 is 3.00 bits per heavy atom. The number of ether oxygens (including phenoxy) is 1. The van der Waals surface area contributed by atoms with Gasteiger partial charge in [-0.1, -0.05) is 0 Å². The molecule has 1 aromatic rings. The molecular weight excluding hydrogens is 342 g/mol. The molecule has 0 radical (unpaired) electrons. The standard InChI is InChI=1S/C17H27N5O2.ClH/c23-17(16-5-7-22(20-16)14-2-1-6-18-10-14)19-11-15-12-21(8-9-24-15)13-3-4-13;/h5,7,13-15,18H,1-4,6,8-12H2,(H,19,23);1H. The Bertz CT molecular complexity index is 571. The first kappa shape index (κ1) is 18.6. The van der Waals surface area contributed by atoms with Gasteiger partial charge in [-0.05, 0) is 38.3 Å². The lowest BCUT2D eigenvalue weighted by Gasteiger charge is -2.33. The molecule has 4 rings (SSSR count). The predicted octanol–water partition coefficient (Wildman–Crippen LogP) is 0.822. The summed E-state index contributed by atoms with van der Waals surface area (Å²) in [6, 6.07) is 2.92. The van der Waals surface area contributed by atoms with Crippen molar-refractivity contribution < 1.29 is 9.53 Å². The summed E-state index contributed by atoms with van der Waals surface area (Å²) in [6.07, 6.45) is 6.90. The second kappa shape index (κ2) is 8.49. The zero-order chi connectivity index (χ0) is 16.4. The van der Waals surface area contributed by atoms with Crippen LogP contribution in [-0.2, 0) is 4.74 Å². The van der Waals surface area contributed by atoms with Gasteiger partial charge in [-0.2, -0.15) is 5.10 Å². The molecule has 2 aliphatic heterocycles. The van der Waals surface area contributed by atoms with Gasteiger partial charge in [-0.15, -0.1) is 12.4 Å². The number of nitrogens with zero attached hydrogens (tertiary/aromatic N) is 3. The van der Waals surface area contributed by atoms with Crippen LogP contribution >= 0.6 is 12.4 Å². The van der Waals surface area contributed by atoms with Gasteiger partial charge in [-0.3, -0.25) is 14.4 Å². The molecule has 2 saturated heterocycles. The summed E-state index contributed by atoms with van der Waals surface area (Å²) in [4.78, 5) is 14.8. The van der Waals surface area contributed by atoms with Crippen LogP contribution in [0.25, 0.3) is 0 Å². The molecule has 2 atom stereocenters. The first-order chi connectivity index (χ1) is 11.8. The lowest BCUT2D eigenvalue weighted by Crippen LogP contribution is -2.48. The average molecular weight is 370 g/mol. The van der Waals surface area contributed by atoms with Crippen LogP contribution in [0.1, 0.15) is 42.2 Å². The van der Waals surface area contributed by atoms with Crippen molar-refractivity contribution in [1.29, 1.82) is 0 Å². The molecule has 1 amide bonds. The zero-order valence-corrected chi connectivity index (χ0v) is 15.3. The van der Waals surface area contributed by atoms with Gasteiger partial charge >= 0.3 is 0 Å². The monoisotopic (exact) mass is 369 g/mol. The van der Waals surface area contributed by atoms with Crippen molar-refractivity contribution in [1.82, 2.24) is 25.3 Å². The van der Waals surface area contributed by atoms with Crippen LogP contribution in [0.2, 0.25) is 0 Å². The highest BCUT2D eigenvalue weighted by atomic mass is 35.5. The lowest BCUT2D eigenvalue weighted by atomic mass is 10.1. The smallest absolute Gasteiger partial charge is 0.271 e. The molecule has 1 saturated carbocycles. The lowest BCUT2D eigenvalue weighted by molar-refractivity contribution is -0.0293. The molecular formula is C17H28ClN5O2. The number of hydrogen-bond acceptors (Lipinski definition) is 5. The van der Waals surface area contributed by atoms with Crippen molar-refractivity contribution in [2.24, 2.45) is 0 Å². The molecule has 140 valence electrons. The van der Waals surface area contributed by atoms with Gasteiger partial charge in [0.1, 0.15) is 5.69 Å². The maximum absolute atomic E-state index is 12.3. The van der Waals surface area contributed by atoms with Crippen LogP contribution in [0.5, 0.6) is 0 Å². The normalized spacial score (nSPS) is 27.5. The van der Waals surface area contributed by atoms with Gasteiger partial charge in [-0.25, -0.2) is 0 Å². The molecule has 3 heterocycles. The van der Waals surface area contributed by atoms with E-state index in [0.717, 1.165) is 51.7 Å². The van der Waals surface area contributed by atoms with Gasteiger partial charge < -0.3 is 15.4 Å². The molecule has 1 aromatic heterocycles. The Morgan fingerprint density at radius 2 is 2.24 bits per heavy atom. The van der Waals surface area contributed by atoms with Crippen molar-refractivity contribution in [3.8, 4) is 0 Å². The van der Waals surface area contributed by atoms with Crippen LogP contribution in [-0.4, -0.2) is 72.1 Å². The summed E-state index contributed by atoms with van der Waals surface area (Å²) < 4.78 is 7.71. The highest BCUT2D eigenvalue weighted by molar-refractivity contribution is 5.92. The van der Waals surface area contributed by atoms with E-state index in [1.807, 2.05) is 16.9 Å². The number of morpholine rings is 1. The van der Waals surface area contributed by atoms with E-state index in [0.29, 0.717) is 18.3 Å². The molecule has 0 aromatic carbocycles. The van der Waals surface area contributed by atoms with Gasteiger partial charge in [0.2, 0.25) is 0 Å². The van der Waals surface area contributed by atoms with Crippen molar-refractivity contribution >= 4 is 18.3 Å². The van der Waals surface area contributed by atoms with Gasteiger partial charge in [0.25, 0.3) is 5.91 Å². The van der Waals surface area contributed by atoms with E-state index < -0.39 is 0 Å². The van der Waals surface area contributed by atoms with Crippen molar-refractivity contribution in [2.75, 3.05) is 39.3 Å². The summed E-state index contributed by atoms with van der Waals surface area (Å²) >= 11 is 0. The largest absolute Gasteiger partial charge is 0.374 e. The summed E-state index contributed by atoms with van der Waals surface area (Å²) in [6.45, 7) is 5.27. The molecule has 25 heavy (non-hydrogen) atoms. The number of amides is 1. The Labute approximate surface area is 154 Å². The first-order valence-corrected chi connectivity index (χ1v) is 9.19. The summed E-state index contributed by atoms with van der Waals surface area (Å²) in [5.74, 6) is -0.107. The molecule has 8 heteroatoms. The Balaban J connectivity index is 0.00000182. The Hall–Kier alpha value is -1.15. The number of hydrogen-bond donors (Lipinski definition) is 2. The van der Waals surface area contributed by atoms with E-state index in [9.17, 15) is 4.79 Å². The maximum Gasteiger partial charge on any atom is 0.271 e. The SMILES string of the molecule is Cl.O=C(NCC1CN(C2CC2)CCO1)c1ccn(C2CCCNC2)n1. The maximum atomic E-state index is 12.3. The number of piperidine rings is 1. The zero-order valence-electron chi connectivity index (χ0n) is 14.5. The molecule has 3 fully saturated rings. The third kappa shape index (κ3) is 4.73. The van der Waals surface area contributed by atoms with Crippen LogP contribution in [0.3, 0.4) is 0 Å². The average Bonchev–Trinajstić information content (AvgIpc) is 3.37. The minimum atomic E-state index is -0.107. The van der Waals surface area contributed by atoms with Gasteiger partial charge in [0.15, 0.2) is 0 Å². The van der Waals surface area contributed by atoms with E-state index >= 15 is 0 Å². The molecule has 0 bridgehead atoms. The van der Waals surface area contributed by atoms with Gasteiger partial charge in [0.05, 0.1) is 18.8 Å². The fraction of sp³-hybridized carbons (Fsp3) is 0.765. The van der Waals surface area contributed by atoms with Crippen molar-refractivity contribution in [2.45, 2.75) is 43.9 Å². The number of carbonyl (C=O) groups is 1. The number of nitrogens with one attached hydrogen (secondary N) is 2. The topological polar surface area (TPSA) is 71.4 Å². The van der Waals surface area contributed by atoms with Gasteiger partial charge in [0, 0.05) is 38.4 Å². The summed E-state index contributed by atoms with van der Waals surface area (Å²) in [5, 5.41) is 10.8. The summed E-state index contributed by atoms with van der Waals surface area (Å²) in [7, 11) is 0. The van der Waals surface area contributed by atoms with Crippen molar-refractivity contribution in [3.05, 3.63) is 18.0 Å². The van der Waals surface area contributed by atoms with Crippen LogP contribution in [0.15, 0.2) is 12.3 Å². The number of carbonyl (C=O) groups excluding carboxylic acids is 1. The number of halogens is 1. The Morgan fingerprint density at radius 1 is 1.36 bits per heavy atom. The predicted molar refractivity (Wildman–Crippen MR) is 97.3 cm³/mol. The second-order valence-corrected chi connectivity index (χ2v) is 7.11. The van der Waals surface area contributed by atoms with Crippen molar-refractivity contribution in [3.63, 3.8) is 0 Å². The molecule has 7 nitrogen and oxygen atoms in total. The quantitative estimate of drug-likeness (QED) is 0.804. The molecule has 2 unspecified atom stereocenters. The second-order valence-electron chi connectivity index (χ2n) is 7.11. The highest BCUT2D eigenvalue weighted by Gasteiger charge is 2.33. The molecule has 0 spiro atoms. The fourth-order valence-corrected chi connectivity index (χ4v) is 3.66.